The monoisotopic (exact) mass is 998 g/mol. The van der Waals surface area contributed by atoms with E-state index in [1.54, 1.807) is 67.8 Å². The summed E-state index contributed by atoms with van der Waals surface area (Å²) in [5.74, 6) is -0.209. The highest BCUT2D eigenvalue weighted by atomic mass is 127. The molecule has 0 aromatic heterocycles. The molecule has 0 amide bonds. The average Bonchev–Trinajstić information content (AvgIpc) is 3.79. The Kier molecular flexibility index (Phi) is 17.4. The highest BCUT2D eigenvalue weighted by Crippen LogP contribution is 2.46. The van der Waals surface area contributed by atoms with E-state index in [9.17, 15) is 18.0 Å². The standard InChI is InChI=1S/C51H67IO10S/c1-8-33(2)27-45-37(6)44(31-63(55,56)43-14-10-9-11-15-43)47(60-45)29-46(61-50(54)39-18-16-34(3)17-19-39)36(5)35(4)28-41-24-25-48-51(32-52,62-41)30-42(59-48)13-12-26-58-49(53)38-20-22-40(57-7)23-21-38/h9-11,14-23,33,35,37,41-42,44-48H,5,8,12-13,24-32H2,1-4,6-7H3/t33-,35-,37-,41?,42+,44-,45-,46-,47+,48+,51-/m1/s1. The number of esters is 2. The van der Waals surface area contributed by atoms with Crippen LogP contribution in [0, 0.1) is 30.6 Å². The van der Waals surface area contributed by atoms with Gasteiger partial charge in [-0.05, 0) is 117 Å². The molecule has 0 radical (unpaired) electrons. The second-order valence-corrected chi connectivity index (χ2v) is 21.1. The summed E-state index contributed by atoms with van der Waals surface area (Å²) >= 11 is 2.42. The minimum atomic E-state index is -3.63. The first-order valence-electron chi connectivity index (χ1n) is 22.7. The number of fused-ring (bicyclic) bond motifs is 1. The molecule has 1 unspecified atom stereocenters. The van der Waals surface area contributed by atoms with Gasteiger partial charge in [0, 0.05) is 23.2 Å². The van der Waals surface area contributed by atoms with Gasteiger partial charge in [0.2, 0.25) is 0 Å². The number of aryl methyl sites for hydroxylation is 1. The minimum Gasteiger partial charge on any atom is -0.497 e. The van der Waals surface area contributed by atoms with Gasteiger partial charge in [0.25, 0.3) is 0 Å². The molecule has 3 fully saturated rings. The molecule has 3 aromatic rings. The number of alkyl halides is 1. The van der Waals surface area contributed by atoms with Crippen molar-refractivity contribution >= 4 is 44.4 Å². The number of rotatable bonds is 21. The molecule has 0 N–H and O–H groups in total. The molecule has 3 aromatic carbocycles. The van der Waals surface area contributed by atoms with E-state index in [2.05, 4.69) is 56.9 Å². The van der Waals surface area contributed by atoms with Gasteiger partial charge < -0.3 is 28.4 Å². The molecule has 12 heteroatoms. The van der Waals surface area contributed by atoms with E-state index >= 15 is 0 Å². The van der Waals surface area contributed by atoms with Crippen molar-refractivity contribution in [2.24, 2.45) is 23.7 Å². The predicted octanol–water partition coefficient (Wildman–Crippen LogP) is 10.6. The maximum Gasteiger partial charge on any atom is 0.338 e. The van der Waals surface area contributed by atoms with Crippen LogP contribution in [0.4, 0.5) is 0 Å². The summed E-state index contributed by atoms with van der Waals surface area (Å²) in [6, 6.07) is 22.8. The Hall–Kier alpha value is -3.30. The zero-order chi connectivity index (χ0) is 45.3. The summed E-state index contributed by atoms with van der Waals surface area (Å²) in [5.41, 5.74) is 2.30. The lowest BCUT2D eigenvalue weighted by Gasteiger charge is -2.42. The van der Waals surface area contributed by atoms with Crippen molar-refractivity contribution in [3.8, 4) is 5.75 Å². The molecule has 11 atom stereocenters. The minimum absolute atomic E-state index is 0.00208. The number of hydrogen-bond donors (Lipinski definition) is 0. The second-order valence-electron chi connectivity index (χ2n) is 18.3. The van der Waals surface area contributed by atoms with E-state index in [-0.39, 0.29) is 53.9 Å². The predicted molar refractivity (Wildman–Crippen MR) is 253 cm³/mol. The quantitative estimate of drug-likeness (QED) is 0.0335. The van der Waals surface area contributed by atoms with Crippen LogP contribution >= 0.6 is 22.6 Å². The fourth-order valence-corrected chi connectivity index (χ4v) is 12.3. The van der Waals surface area contributed by atoms with E-state index in [0.29, 0.717) is 53.6 Å². The van der Waals surface area contributed by atoms with E-state index in [4.69, 9.17) is 28.4 Å². The van der Waals surface area contributed by atoms with Gasteiger partial charge in [-0.3, -0.25) is 0 Å². The molecule has 3 heterocycles. The van der Waals surface area contributed by atoms with Crippen molar-refractivity contribution < 1.29 is 46.4 Å². The van der Waals surface area contributed by atoms with Crippen LogP contribution in [0.1, 0.15) is 112 Å². The zero-order valence-electron chi connectivity index (χ0n) is 37.8. The molecule has 10 nitrogen and oxygen atoms in total. The number of halogens is 1. The Labute approximate surface area is 389 Å². The van der Waals surface area contributed by atoms with Crippen LogP contribution in [0.2, 0.25) is 0 Å². The topological polar surface area (TPSA) is 124 Å². The lowest BCUT2D eigenvalue weighted by molar-refractivity contribution is -0.155. The number of methoxy groups -OCH3 is 1. The van der Waals surface area contributed by atoms with Crippen LogP contribution < -0.4 is 4.74 Å². The third-order valence-corrected chi connectivity index (χ3v) is 16.8. The van der Waals surface area contributed by atoms with Gasteiger partial charge in [0.1, 0.15) is 17.5 Å². The first-order valence-corrected chi connectivity index (χ1v) is 25.9. The van der Waals surface area contributed by atoms with Crippen molar-refractivity contribution in [2.45, 2.75) is 140 Å². The van der Waals surface area contributed by atoms with Gasteiger partial charge in [0.05, 0.1) is 66.0 Å². The van der Waals surface area contributed by atoms with Gasteiger partial charge in [-0.1, -0.05) is 99.2 Å². The average molecular weight is 999 g/mol. The Bertz CT molecular complexity index is 2080. The Balaban J connectivity index is 1.13. The van der Waals surface area contributed by atoms with Gasteiger partial charge in [0.15, 0.2) is 9.84 Å². The number of carbonyl (C=O) groups excluding carboxylic acids is 2. The van der Waals surface area contributed by atoms with Crippen molar-refractivity contribution in [2.75, 3.05) is 23.9 Å². The molecule has 0 aliphatic carbocycles. The Morgan fingerprint density at radius 2 is 1.57 bits per heavy atom. The van der Waals surface area contributed by atoms with E-state index in [1.165, 1.54) is 0 Å². The fourth-order valence-electron chi connectivity index (χ4n) is 9.50. The Morgan fingerprint density at radius 1 is 0.889 bits per heavy atom. The maximum absolute atomic E-state index is 13.9. The molecule has 3 aliphatic rings. The molecule has 0 saturated carbocycles. The van der Waals surface area contributed by atoms with Crippen molar-refractivity contribution in [3.05, 3.63) is 108 Å². The third kappa shape index (κ3) is 12.5. The number of carbonyl (C=O) groups is 2. The highest BCUT2D eigenvalue weighted by Gasteiger charge is 2.52. The number of ether oxygens (including phenoxy) is 6. The molecule has 0 bridgehead atoms. The number of benzene rings is 3. The first kappa shape index (κ1) is 49.1. The number of hydrogen-bond acceptors (Lipinski definition) is 10. The van der Waals surface area contributed by atoms with Gasteiger partial charge in [-0.25, -0.2) is 18.0 Å². The van der Waals surface area contributed by atoms with Crippen LogP contribution in [0.3, 0.4) is 0 Å². The van der Waals surface area contributed by atoms with Crippen LogP contribution in [0.5, 0.6) is 5.75 Å². The molecule has 63 heavy (non-hydrogen) atoms. The van der Waals surface area contributed by atoms with Gasteiger partial charge >= 0.3 is 11.9 Å². The molecular formula is C51H67IO10S. The van der Waals surface area contributed by atoms with E-state index in [0.717, 1.165) is 54.1 Å². The van der Waals surface area contributed by atoms with Crippen LogP contribution in [0.25, 0.3) is 0 Å². The summed E-state index contributed by atoms with van der Waals surface area (Å²) in [7, 11) is -2.05. The largest absolute Gasteiger partial charge is 0.497 e. The van der Waals surface area contributed by atoms with Crippen molar-refractivity contribution in [3.63, 3.8) is 0 Å². The smallest absolute Gasteiger partial charge is 0.338 e. The third-order valence-electron chi connectivity index (χ3n) is 13.7. The van der Waals surface area contributed by atoms with Crippen LogP contribution in [-0.4, -0.2) is 86.5 Å². The van der Waals surface area contributed by atoms with E-state index in [1.807, 2.05) is 25.1 Å². The summed E-state index contributed by atoms with van der Waals surface area (Å²) in [6.45, 7) is 15.5. The molecule has 6 rings (SSSR count). The fraction of sp³-hybridized carbons (Fsp3) is 0.569. The molecular weight excluding hydrogens is 932 g/mol. The summed E-state index contributed by atoms with van der Waals surface area (Å²) in [4.78, 5) is 26.7. The first-order chi connectivity index (χ1) is 30.1. The second kappa shape index (κ2) is 22.3. The van der Waals surface area contributed by atoms with E-state index < -0.39 is 33.6 Å². The number of sulfone groups is 1. The lowest BCUT2D eigenvalue weighted by atomic mass is 9.82. The van der Waals surface area contributed by atoms with Crippen LogP contribution in [-0.2, 0) is 33.5 Å². The molecule has 344 valence electrons. The van der Waals surface area contributed by atoms with Crippen molar-refractivity contribution in [1.82, 2.24) is 0 Å². The Morgan fingerprint density at radius 3 is 2.24 bits per heavy atom. The molecule has 3 aliphatic heterocycles. The normalized spacial score (nSPS) is 27.2. The summed E-state index contributed by atoms with van der Waals surface area (Å²) < 4.78 is 66.2. The molecule has 0 spiro atoms. The zero-order valence-corrected chi connectivity index (χ0v) is 40.8. The lowest BCUT2D eigenvalue weighted by Crippen LogP contribution is -2.50. The van der Waals surface area contributed by atoms with Gasteiger partial charge in [-0.2, -0.15) is 0 Å². The molecule has 3 saturated heterocycles. The SMILES string of the molecule is C=C([C@H](C)CC1CC[C@@H]2O[C@@H](CCCOC(=O)c3ccc(OC)cc3)C[C@]2(CI)O1)[C@@H](C[C@@H]1O[C@H](C[C@H](C)CC)[C@H](C)[C@H]1CS(=O)(=O)c1ccccc1)OC(=O)c1ccc(C)cc1. The summed E-state index contributed by atoms with van der Waals surface area (Å²) in [5, 5.41) is 0. The van der Waals surface area contributed by atoms with Gasteiger partial charge in [-0.15, -0.1) is 0 Å². The maximum atomic E-state index is 13.9. The highest BCUT2D eigenvalue weighted by molar-refractivity contribution is 14.1. The van der Waals surface area contributed by atoms with Crippen molar-refractivity contribution in [1.29, 1.82) is 0 Å². The summed E-state index contributed by atoms with van der Waals surface area (Å²) in [6.07, 6.45) is 5.28. The van der Waals surface area contributed by atoms with Crippen LogP contribution in [0.15, 0.2) is 95.9 Å².